The van der Waals surface area contributed by atoms with Crippen molar-refractivity contribution in [1.82, 2.24) is 0 Å². The normalized spacial score (nSPS) is 26.2. The average molecular weight is 275 g/mol. The van der Waals surface area contributed by atoms with E-state index in [1.807, 2.05) is 0 Å². The number of benzene rings is 2. The molecule has 4 rings (SSSR count). The first-order valence-corrected chi connectivity index (χ1v) is 7.95. The van der Waals surface area contributed by atoms with Crippen molar-refractivity contribution in [1.29, 1.82) is 0 Å². The van der Waals surface area contributed by atoms with Crippen molar-refractivity contribution < 1.29 is 0 Å². The average Bonchev–Trinajstić information content (AvgIpc) is 2.88. The Morgan fingerprint density at radius 3 is 2.62 bits per heavy atom. The van der Waals surface area contributed by atoms with Gasteiger partial charge in [-0.25, -0.2) is 0 Å². The van der Waals surface area contributed by atoms with Gasteiger partial charge in [0.1, 0.15) is 0 Å². The molecule has 1 heteroatoms. The Kier molecular flexibility index (Phi) is 3.27. The van der Waals surface area contributed by atoms with Gasteiger partial charge in [0, 0.05) is 17.6 Å². The highest BCUT2D eigenvalue weighted by molar-refractivity contribution is 5.54. The number of hydrogen-bond acceptors (Lipinski definition) is 1. The molecule has 106 valence electrons. The second-order valence-electron chi connectivity index (χ2n) is 6.31. The molecule has 0 heterocycles. The van der Waals surface area contributed by atoms with Crippen LogP contribution in [0.25, 0.3) is 0 Å². The molecule has 0 aliphatic heterocycles. The van der Waals surface area contributed by atoms with Gasteiger partial charge in [-0.05, 0) is 42.4 Å². The fourth-order valence-electron chi connectivity index (χ4n) is 3.71. The lowest BCUT2D eigenvalue weighted by atomic mass is 9.71. The van der Waals surface area contributed by atoms with Crippen molar-refractivity contribution in [3.8, 4) is 0 Å². The zero-order valence-electron chi connectivity index (χ0n) is 12.2. The molecular weight excluding hydrogens is 254 g/mol. The van der Waals surface area contributed by atoms with Gasteiger partial charge >= 0.3 is 0 Å². The molecule has 0 amide bonds. The Morgan fingerprint density at radius 2 is 1.76 bits per heavy atom. The lowest BCUT2D eigenvalue weighted by molar-refractivity contribution is 0.218. The van der Waals surface area contributed by atoms with E-state index >= 15 is 0 Å². The Balaban J connectivity index is 1.51. The molecular formula is C20H21N. The monoisotopic (exact) mass is 275 g/mol. The summed E-state index contributed by atoms with van der Waals surface area (Å²) in [6.07, 6.45) is 8.37. The third-order valence-electron chi connectivity index (χ3n) is 4.96. The van der Waals surface area contributed by atoms with Crippen molar-refractivity contribution in [2.75, 3.05) is 5.32 Å². The summed E-state index contributed by atoms with van der Waals surface area (Å²) >= 11 is 0. The van der Waals surface area contributed by atoms with Crippen LogP contribution in [0.5, 0.6) is 0 Å². The molecule has 1 N–H and O–H groups in total. The summed E-state index contributed by atoms with van der Waals surface area (Å²) < 4.78 is 0. The molecule has 3 unspecified atom stereocenters. The Hall–Kier alpha value is -2.02. The number of hydrogen-bond donors (Lipinski definition) is 1. The van der Waals surface area contributed by atoms with Gasteiger partial charge in [-0.2, -0.15) is 0 Å². The summed E-state index contributed by atoms with van der Waals surface area (Å²) in [5, 5.41) is 3.79. The summed E-state index contributed by atoms with van der Waals surface area (Å²) in [6.45, 7) is 0. The van der Waals surface area contributed by atoms with E-state index in [9.17, 15) is 0 Å². The fraction of sp³-hybridized carbons (Fsp3) is 0.300. The third kappa shape index (κ3) is 2.49. The summed E-state index contributed by atoms with van der Waals surface area (Å²) in [5.41, 5.74) is 4.08. The topological polar surface area (TPSA) is 12.0 Å². The first kappa shape index (κ1) is 12.7. The predicted molar refractivity (Wildman–Crippen MR) is 88.5 cm³/mol. The highest BCUT2D eigenvalue weighted by atomic mass is 15.0. The number of anilines is 1. The molecule has 0 radical (unpaired) electrons. The SMILES string of the molecule is C1=CC2C(C1)CC2Nc1ccccc1Cc1ccccc1. The van der Waals surface area contributed by atoms with E-state index in [4.69, 9.17) is 0 Å². The molecule has 2 aromatic carbocycles. The van der Waals surface area contributed by atoms with Gasteiger partial charge in [-0.1, -0.05) is 60.7 Å². The van der Waals surface area contributed by atoms with Crippen molar-refractivity contribution in [2.45, 2.75) is 25.3 Å². The minimum atomic E-state index is 0.630. The van der Waals surface area contributed by atoms with Crippen LogP contribution in [0, 0.1) is 11.8 Å². The van der Waals surface area contributed by atoms with Crippen LogP contribution < -0.4 is 5.32 Å². The maximum Gasteiger partial charge on any atom is 0.0378 e. The minimum Gasteiger partial charge on any atom is -0.381 e. The van der Waals surface area contributed by atoms with Crippen LogP contribution in [0.4, 0.5) is 5.69 Å². The lowest BCUT2D eigenvalue weighted by Gasteiger charge is -2.41. The van der Waals surface area contributed by atoms with Crippen molar-refractivity contribution in [3.05, 3.63) is 77.9 Å². The Morgan fingerprint density at radius 1 is 0.952 bits per heavy atom. The quantitative estimate of drug-likeness (QED) is 0.801. The first-order valence-electron chi connectivity index (χ1n) is 7.95. The van der Waals surface area contributed by atoms with E-state index in [1.165, 1.54) is 29.7 Å². The number of para-hydroxylation sites is 1. The molecule has 0 saturated heterocycles. The smallest absolute Gasteiger partial charge is 0.0378 e. The van der Waals surface area contributed by atoms with Crippen LogP contribution in [-0.2, 0) is 6.42 Å². The van der Waals surface area contributed by atoms with Gasteiger partial charge in [0.15, 0.2) is 0 Å². The van der Waals surface area contributed by atoms with E-state index in [1.54, 1.807) is 0 Å². The van der Waals surface area contributed by atoms with Crippen LogP contribution in [0.3, 0.4) is 0 Å². The minimum absolute atomic E-state index is 0.630. The molecule has 1 nitrogen and oxygen atoms in total. The number of allylic oxidation sites excluding steroid dienone is 1. The molecule has 0 bridgehead atoms. The predicted octanol–water partition coefficient (Wildman–Crippen LogP) is 4.65. The molecule has 1 saturated carbocycles. The van der Waals surface area contributed by atoms with Crippen molar-refractivity contribution >= 4 is 5.69 Å². The van der Waals surface area contributed by atoms with Gasteiger partial charge in [0.25, 0.3) is 0 Å². The van der Waals surface area contributed by atoms with Gasteiger partial charge in [-0.3, -0.25) is 0 Å². The number of rotatable bonds is 4. The molecule has 2 aliphatic carbocycles. The summed E-state index contributed by atoms with van der Waals surface area (Å²) in [7, 11) is 0. The number of nitrogens with one attached hydrogen (secondary N) is 1. The maximum absolute atomic E-state index is 3.79. The highest BCUT2D eigenvalue weighted by Gasteiger charge is 2.40. The zero-order chi connectivity index (χ0) is 14.1. The van der Waals surface area contributed by atoms with Crippen molar-refractivity contribution in [3.63, 3.8) is 0 Å². The molecule has 1 fully saturated rings. The van der Waals surface area contributed by atoms with Crippen molar-refractivity contribution in [2.24, 2.45) is 11.8 Å². The highest BCUT2D eigenvalue weighted by Crippen LogP contribution is 2.44. The van der Waals surface area contributed by atoms with Crippen LogP contribution in [-0.4, -0.2) is 6.04 Å². The van der Waals surface area contributed by atoms with Crippen LogP contribution >= 0.6 is 0 Å². The Labute approximate surface area is 126 Å². The molecule has 21 heavy (non-hydrogen) atoms. The second kappa shape index (κ2) is 5.40. The van der Waals surface area contributed by atoms with E-state index < -0.39 is 0 Å². The van der Waals surface area contributed by atoms with Gasteiger partial charge in [-0.15, -0.1) is 0 Å². The van der Waals surface area contributed by atoms with Crippen LogP contribution in [0.15, 0.2) is 66.7 Å². The molecule has 0 aromatic heterocycles. The van der Waals surface area contributed by atoms with Crippen LogP contribution in [0.2, 0.25) is 0 Å². The Bertz CT molecular complexity index is 644. The lowest BCUT2D eigenvalue weighted by Crippen LogP contribution is -2.43. The van der Waals surface area contributed by atoms with Gasteiger partial charge < -0.3 is 5.32 Å². The van der Waals surface area contributed by atoms with E-state index in [2.05, 4.69) is 72.1 Å². The molecule has 0 spiro atoms. The van der Waals surface area contributed by atoms with Gasteiger partial charge in [0.2, 0.25) is 0 Å². The zero-order valence-corrected chi connectivity index (χ0v) is 12.2. The standard InChI is InChI=1S/C20H21N/c1-2-7-15(8-3-1)13-17-9-4-5-12-19(17)21-20-14-16-10-6-11-18(16)20/h1-9,11-12,16,18,20-21H,10,13-14H2. The second-order valence-corrected chi connectivity index (χ2v) is 6.31. The third-order valence-corrected chi connectivity index (χ3v) is 4.96. The number of fused-ring (bicyclic) bond motifs is 1. The fourth-order valence-corrected chi connectivity index (χ4v) is 3.71. The first-order chi connectivity index (χ1) is 10.4. The summed E-state index contributed by atoms with van der Waals surface area (Å²) in [6, 6.07) is 20.1. The molecule has 3 atom stereocenters. The van der Waals surface area contributed by atoms with Crippen LogP contribution in [0.1, 0.15) is 24.0 Å². The van der Waals surface area contributed by atoms with E-state index in [-0.39, 0.29) is 0 Å². The maximum atomic E-state index is 3.79. The van der Waals surface area contributed by atoms with E-state index in [0.717, 1.165) is 18.3 Å². The summed E-state index contributed by atoms with van der Waals surface area (Å²) in [5.74, 6) is 1.67. The molecule has 2 aliphatic rings. The molecule has 2 aromatic rings. The largest absolute Gasteiger partial charge is 0.381 e. The van der Waals surface area contributed by atoms with E-state index in [0.29, 0.717) is 6.04 Å². The summed E-state index contributed by atoms with van der Waals surface area (Å²) in [4.78, 5) is 0. The van der Waals surface area contributed by atoms with Gasteiger partial charge in [0.05, 0.1) is 0 Å².